The van der Waals surface area contributed by atoms with Gasteiger partial charge in [-0.15, -0.1) is 0 Å². The first-order valence-corrected chi connectivity index (χ1v) is 18.2. The summed E-state index contributed by atoms with van der Waals surface area (Å²) in [5, 5.41) is 0. The number of hydrogen-bond donors (Lipinski definition) is 0. The minimum absolute atomic E-state index is 0.0653. The molecule has 1 saturated heterocycles. The lowest BCUT2D eigenvalue weighted by Gasteiger charge is -2.22. The van der Waals surface area contributed by atoms with E-state index in [0.29, 0.717) is 159 Å². The second-order valence-corrected chi connectivity index (χ2v) is 10.8. The van der Waals surface area contributed by atoms with Crippen molar-refractivity contribution in [2.45, 2.75) is 25.6 Å². The van der Waals surface area contributed by atoms with E-state index in [-0.39, 0.29) is 6.29 Å². The van der Waals surface area contributed by atoms with Gasteiger partial charge >= 0.3 is 0 Å². The van der Waals surface area contributed by atoms with E-state index in [9.17, 15) is 0 Å². The number of halogens is 1. The topological polar surface area (TPSA) is 129 Å². The molecule has 0 aromatic carbocycles. The second-order valence-electron chi connectivity index (χ2n) is 9.70. The van der Waals surface area contributed by atoms with Gasteiger partial charge in [-0.25, -0.2) is 0 Å². The van der Waals surface area contributed by atoms with Crippen molar-refractivity contribution in [3.63, 3.8) is 0 Å². The molecule has 1 fully saturated rings. The Morgan fingerprint density at radius 2 is 0.609 bits per heavy atom. The Morgan fingerprint density at radius 1 is 0.348 bits per heavy atom. The van der Waals surface area contributed by atoms with Crippen LogP contribution >= 0.6 is 22.6 Å². The Morgan fingerprint density at radius 3 is 0.848 bits per heavy atom. The molecular formula is C31H61IO14. The maximum atomic E-state index is 5.61. The normalized spacial score (nSPS) is 15.2. The van der Waals surface area contributed by atoms with E-state index in [1.165, 1.54) is 6.42 Å². The fourth-order valence-electron chi connectivity index (χ4n) is 3.66. The average molecular weight is 785 g/mol. The number of alkyl halides is 1. The monoisotopic (exact) mass is 784 g/mol. The Hall–Kier alpha value is 0.170. The molecule has 1 aliphatic heterocycles. The van der Waals surface area contributed by atoms with Crippen LogP contribution in [0.4, 0.5) is 0 Å². The van der Waals surface area contributed by atoms with Gasteiger partial charge in [0.1, 0.15) is 0 Å². The van der Waals surface area contributed by atoms with E-state index >= 15 is 0 Å². The zero-order valence-corrected chi connectivity index (χ0v) is 30.0. The Kier molecular flexibility index (Phi) is 38.1. The fourth-order valence-corrected chi connectivity index (χ4v) is 3.97. The first-order chi connectivity index (χ1) is 22.9. The van der Waals surface area contributed by atoms with Gasteiger partial charge in [0.2, 0.25) is 0 Å². The van der Waals surface area contributed by atoms with Gasteiger partial charge in [-0.1, -0.05) is 22.6 Å². The van der Waals surface area contributed by atoms with E-state index in [2.05, 4.69) is 22.6 Å². The molecule has 0 spiro atoms. The molecule has 1 atom stereocenters. The van der Waals surface area contributed by atoms with Crippen molar-refractivity contribution in [3.05, 3.63) is 0 Å². The molecule has 276 valence electrons. The van der Waals surface area contributed by atoms with Crippen molar-refractivity contribution in [1.82, 2.24) is 0 Å². The van der Waals surface area contributed by atoms with Crippen molar-refractivity contribution in [2.24, 2.45) is 0 Å². The summed E-state index contributed by atoms with van der Waals surface area (Å²) in [5.41, 5.74) is 0. The maximum Gasteiger partial charge on any atom is 0.157 e. The summed E-state index contributed by atoms with van der Waals surface area (Å²) in [6, 6.07) is 0. The largest absolute Gasteiger partial charge is 0.378 e. The van der Waals surface area contributed by atoms with Crippen LogP contribution < -0.4 is 0 Å². The van der Waals surface area contributed by atoms with Crippen molar-refractivity contribution >= 4 is 22.6 Å². The highest BCUT2D eigenvalue weighted by atomic mass is 127. The van der Waals surface area contributed by atoms with Crippen molar-refractivity contribution in [1.29, 1.82) is 0 Å². The third-order valence-corrected chi connectivity index (χ3v) is 6.42. The van der Waals surface area contributed by atoms with Crippen LogP contribution in [0.3, 0.4) is 0 Å². The van der Waals surface area contributed by atoms with Crippen molar-refractivity contribution < 1.29 is 66.3 Å². The lowest BCUT2D eigenvalue weighted by atomic mass is 10.2. The summed E-state index contributed by atoms with van der Waals surface area (Å²) in [6.07, 6.45) is 3.19. The van der Waals surface area contributed by atoms with Gasteiger partial charge in [-0.3, -0.25) is 0 Å². The van der Waals surface area contributed by atoms with Crippen LogP contribution in [0.5, 0.6) is 0 Å². The molecule has 1 rings (SSSR count). The fraction of sp³-hybridized carbons (Fsp3) is 1.00. The molecule has 1 heterocycles. The molecule has 0 bridgehead atoms. The van der Waals surface area contributed by atoms with E-state index < -0.39 is 0 Å². The quantitative estimate of drug-likeness (QED) is 0.0513. The van der Waals surface area contributed by atoms with Gasteiger partial charge in [0.15, 0.2) is 6.29 Å². The van der Waals surface area contributed by atoms with Gasteiger partial charge in [-0.2, -0.15) is 0 Å². The molecule has 0 saturated carbocycles. The lowest BCUT2D eigenvalue weighted by Crippen LogP contribution is -2.24. The second kappa shape index (κ2) is 39.6. The van der Waals surface area contributed by atoms with Gasteiger partial charge in [-0.05, 0) is 19.3 Å². The van der Waals surface area contributed by atoms with Crippen LogP contribution in [0, 0.1) is 0 Å². The molecule has 1 aliphatic rings. The molecule has 1 unspecified atom stereocenters. The third kappa shape index (κ3) is 35.5. The molecule has 0 amide bonds. The smallest absolute Gasteiger partial charge is 0.157 e. The lowest BCUT2D eigenvalue weighted by molar-refractivity contribution is -0.169. The molecule has 0 N–H and O–H groups in total. The van der Waals surface area contributed by atoms with E-state index in [1.807, 2.05) is 0 Å². The van der Waals surface area contributed by atoms with Crippen LogP contribution in [0.1, 0.15) is 19.3 Å². The average Bonchev–Trinajstić information content (AvgIpc) is 3.08. The summed E-state index contributed by atoms with van der Waals surface area (Å²) in [6.45, 7) is 14.4. The van der Waals surface area contributed by atoms with Crippen LogP contribution in [0.2, 0.25) is 0 Å². The molecule has 0 aliphatic carbocycles. The zero-order chi connectivity index (χ0) is 32.7. The van der Waals surface area contributed by atoms with Crippen LogP contribution in [0.15, 0.2) is 0 Å². The highest BCUT2D eigenvalue weighted by molar-refractivity contribution is 14.1. The van der Waals surface area contributed by atoms with Crippen LogP contribution in [-0.4, -0.2) is 182 Å². The highest BCUT2D eigenvalue weighted by Crippen LogP contribution is 2.13. The third-order valence-electron chi connectivity index (χ3n) is 5.98. The minimum atomic E-state index is -0.0653. The summed E-state index contributed by atoms with van der Waals surface area (Å²) < 4.78 is 77.6. The van der Waals surface area contributed by atoms with Gasteiger partial charge in [0, 0.05) is 11.0 Å². The standard InChI is InChI=1S/C31H61IO14/c32-4-6-33-7-8-34-9-10-35-11-12-36-13-14-37-15-16-38-17-18-39-19-20-40-21-22-41-23-24-42-25-26-43-27-28-44-29-30-46-31-3-1-2-5-45-31/h31H,1-30H2. The van der Waals surface area contributed by atoms with Crippen LogP contribution in [-0.2, 0) is 66.3 Å². The summed E-state index contributed by atoms with van der Waals surface area (Å²) in [7, 11) is 0. The SMILES string of the molecule is ICCOCCOCCOCCOCCOCCOCCOCCOCCOCCOCCOCCOCCOC1CCCCO1. The Labute approximate surface area is 290 Å². The van der Waals surface area contributed by atoms with E-state index in [0.717, 1.165) is 30.5 Å². The minimum Gasteiger partial charge on any atom is -0.378 e. The predicted octanol–water partition coefficient (Wildman–Crippen LogP) is 2.16. The molecular weight excluding hydrogens is 723 g/mol. The molecule has 0 radical (unpaired) electrons. The number of rotatable bonds is 39. The molecule has 46 heavy (non-hydrogen) atoms. The Bertz CT molecular complexity index is 563. The molecule has 0 aromatic heterocycles. The molecule has 14 nitrogen and oxygen atoms in total. The van der Waals surface area contributed by atoms with Crippen molar-refractivity contribution in [2.75, 3.05) is 176 Å². The Balaban J connectivity index is 1.59. The first-order valence-electron chi connectivity index (χ1n) is 16.7. The zero-order valence-electron chi connectivity index (χ0n) is 27.9. The number of ether oxygens (including phenoxy) is 14. The van der Waals surface area contributed by atoms with E-state index in [4.69, 9.17) is 66.3 Å². The summed E-state index contributed by atoms with van der Waals surface area (Å²) >= 11 is 2.28. The maximum absolute atomic E-state index is 5.61. The first kappa shape index (κ1) is 44.2. The number of hydrogen-bond acceptors (Lipinski definition) is 14. The highest BCUT2D eigenvalue weighted by Gasteiger charge is 2.13. The summed E-state index contributed by atoms with van der Waals surface area (Å²) in [4.78, 5) is 0. The predicted molar refractivity (Wildman–Crippen MR) is 178 cm³/mol. The van der Waals surface area contributed by atoms with E-state index in [1.54, 1.807) is 0 Å². The van der Waals surface area contributed by atoms with Gasteiger partial charge in [0.05, 0.1) is 165 Å². The van der Waals surface area contributed by atoms with Gasteiger partial charge in [0.25, 0.3) is 0 Å². The van der Waals surface area contributed by atoms with Crippen LogP contribution in [0.25, 0.3) is 0 Å². The molecule has 0 aromatic rings. The van der Waals surface area contributed by atoms with Gasteiger partial charge < -0.3 is 66.3 Å². The molecule has 15 heteroatoms. The summed E-state index contributed by atoms with van der Waals surface area (Å²) in [5.74, 6) is 0. The van der Waals surface area contributed by atoms with Crippen molar-refractivity contribution in [3.8, 4) is 0 Å².